The first-order chi connectivity index (χ1) is 13.0. The number of hydrogen-bond donors (Lipinski definition) is 2. The molecule has 2 N–H and O–H groups in total. The highest BCUT2D eigenvalue weighted by Crippen LogP contribution is 2.27. The van der Waals surface area contributed by atoms with Crippen molar-refractivity contribution in [2.24, 2.45) is 0 Å². The molecular formula is C20H17Cl2N2O2S+. The summed E-state index contributed by atoms with van der Waals surface area (Å²) in [7, 11) is 0. The normalized spacial score (nSPS) is 11.8. The molecule has 1 aromatic carbocycles. The largest absolute Gasteiger partial charge is 0.502 e. The maximum absolute atomic E-state index is 11.0. The Morgan fingerprint density at radius 3 is 2.67 bits per heavy atom. The maximum Gasteiger partial charge on any atom is 0.288 e. The van der Waals surface area contributed by atoms with E-state index in [-0.39, 0.29) is 5.76 Å². The summed E-state index contributed by atoms with van der Waals surface area (Å²) < 4.78 is 7.09. The molecule has 0 fully saturated rings. The third kappa shape index (κ3) is 4.69. The van der Waals surface area contributed by atoms with Gasteiger partial charge in [0, 0.05) is 17.2 Å². The Balaban J connectivity index is 2.03. The fraction of sp³-hybridized carbons (Fsp3) is 0.100. The number of aliphatic hydroxyl groups excluding tert-OH is 1. The first kappa shape index (κ1) is 19.4. The lowest BCUT2D eigenvalue weighted by Crippen LogP contribution is -2.41. The number of furan rings is 1. The molecule has 0 radical (unpaired) electrons. The minimum Gasteiger partial charge on any atom is -0.502 e. The summed E-state index contributed by atoms with van der Waals surface area (Å²) >= 11 is 17.7. The van der Waals surface area contributed by atoms with Gasteiger partial charge >= 0.3 is 0 Å². The fourth-order valence-corrected chi connectivity index (χ4v) is 3.10. The van der Waals surface area contributed by atoms with Gasteiger partial charge < -0.3 is 14.8 Å². The summed E-state index contributed by atoms with van der Waals surface area (Å²) in [4.78, 5) is 0.366. The summed E-state index contributed by atoms with van der Waals surface area (Å²) in [6, 6.07) is 12.4. The van der Waals surface area contributed by atoms with Crippen molar-refractivity contribution in [1.29, 1.82) is 0 Å². The van der Waals surface area contributed by atoms with Crippen molar-refractivity contribution >= 4 is 51.9 Å². The Kier molecular flexibility index (Phi) is 6.16. The smallest absolute Gasteiger partial charge is 0.288 e. The van der Waals surface area contributed by atoms with Crippen LogP contribution in [-0.2, 0) is 6.54 Å². The van der Waals surface area contributed by atoms with Crippen molar-refractivity contribution < 1.29 is 14.1 Å². The van der Waals surface area contributed by atoms with Crippen LogP contribution in [-0.4, -0.2) is 10.1 Å². The Bertz CT molecular complexity index is 1000. The lowest BCUT2D eigenvalue weighted by atomic mass is 10.1. The second-order valence-electron chi connectivity index (χ2n) is 5.88. The van der Waals surface area contributed by atoms with E-state index in [1.165, 1.54) is 0 Å². The standard InChI is InChI=1S/C20H16Cl2N2O2S/c1-13-4-2-8-24(12-13)18(20(27)23-11-15-5-3-9-26-15)19(25)14-6-7-16(21)17(22)10-14/h2-10,12H,11H2,1H3,(H-,23,25,27)/p+1. The molecule has 0 amide bonds. The topological polar surface area (TPSA) is 49.3 Å². The van der Waals surface area contributed by atoms with E-state index in [1.54, 1.807) is 35.1 Å². The SMILES string of the molecule is Cc1ccc[n+](/C(C(=S)NCc2ccco2)=C(/O)c2ccc(Cl)c(Cl)c2)c1. The van der Waals surface area contributed by atoms with Gasteiger partial charge in [-0.05, 0) is 43.3 Å². The Hall–Kier alpha value is -2.34. The first-order valence-electron chi connectivity index (χ1n) is 8.13. The van der Waals surface area contributed by atoms with Gasteiger partial charge in [-0.1, -0.05) is 35.4 Å². The zero-order chi connectivity index (χ0) is 19.4. The molecule has 0 saturated heterocycles. The summed E-state index contributed by atoms with van der Waals surface area (Å²) in [5.74, 6) is 0.723. The molecule has 3 aromatic rings. The number of hydrogen-bond acceptors (Lipinski definition) is 3. The van der Waals surface area contributed by atoms with Crippen molar-refractivity contribution in [2.75, 3.05) is 0 Å². The van der Waals surface area contributed by atoms with Crippen LogP contribution < -0.4 is 9.88 Å². The highest BCUT2D eigenvalue weighted by molar-refractivity contribution is 7.81. The molecule has 4 nitrogen and oxygen atoms in total. The van der Waals surface area contributed by atoms with E-state index in [4.69, 9.17) is 39.8 Å². The van der Waals surface area contributed by atoms with Crippen molar-refractivity contribution in [3.63, 3.8) is 0 Å². The number of thiocarbonyl (C=S) groups is 1. The van der Waals surface area contributed by atoms with Gasteiger partial charge in [-0.25, -0.2) is 0 Å². The third-order valence-corrected chi connectivity index (χ3v) is 4.92. The predicted molar refractivity (Wildman–Crippen MR) is 112 cm³/mol. The molecule has 0 spiro atoms. The van der Waals surface area contributed by atoms with Crippen molar-refractivity contribution in [1.82, 2.24) is 5.32 Å². The number of aryl methyl sites for hydroxylation is 1. The number of benzene rings is 1. The predicted octanol–water partition coefficient (Wildman–Crippen LogP) is 5.18. The van der Waals surface area contributed by atoms with Gasteiger partial charge in [-0.2, -0.15) is 4.57 Å². The number of pyridine rings is 1. The van der Waals surface area contributed by atoms with Crippen LogP contribution in [0.2, 0.25) is 10.0 Å². The van der Waals surface area contributed by atoms with Crippen molar-refractivity contribution in [3.05, 3.63) is 88.1 Å². The van der Waals surface area contributed by atoms with E-state index in [2.05, 4.69) is 5.32 Å². The number of aliphatic hydroxyl groups is 1. The maximum atomic E-state index is 11.0. The van der Waals surface area contributed by atoms with Crippen LogP contribution in [0.1, 0.15) is 16.9 Å². The zero-order valence-electron chi connectivity index (χ0n) is 14.4. The quantitative estimate of drug-likeness (QED) is 0.258. The Morgan fingerprint density at radius 1 is 1.19 bits per heavy atom. The highest BCUT2D eigenvalue weighted by atomic mass is 35.5. The van der Waals surface area contributed by atoms with Crippen molar-refractivity contribution in [3.8, 4) is 0 Å². The molecule has 3 rings (SSSR count). The number of aromatic nitrogens is 1. The summed E-state index contributed by atoms with van der Waals surface area (Å²) in [6.45, 7) is 2.36. The number of rotatable bonds is 5. The van der Waals surface area contributed by atoms with Crippen LogP contribution in [0.4, 0.5) is 0 Å². The zero-order valence-corrected chi connectivity index (χ0v) is 16.8. The minimum absolute atomic E-state index is 0.0129. The number of nitrogens with one attached hydrogen (secondary N) is 1. The molecule has 2 heterocycles. The van der Waals surface area contributed by atoms with E-state index in [0.29, 0.717) is 32.8 Å². The molecule has 0 aliphatic heterocycles. The van der Waals surface area contributed by atoms with Gasteiger partial charge in [-0.3, -0.25) is 0 Å². The Labute approximate surface area is 172 Å². The van der Waals surface area contributed by atoms with E-state index in [0.717, 1.165) is 11.3 Å². The van der Waals surface area contributed by atoms with E-state index in [9.17, 15) is 5.11 Å². The molecule has 2 aromatic heterocycles. The van der Waals surface area contributed by atoms with Crippen LogP contribution in [0, 0.1) is 6.92 Å². The van der Waals surface area contributed by atoms with E-state index in [1.807, 2.05) is 37.5 Å². The van der Waals surface area contributed by atoms with Gasteiger partial charge in [0.05, 0.1) is 22.9 Å². The number of nitrogens with zero attached hydrogens (tertiary/aromatic N) is 1. The molecule has 7 heteroatoms. The highest BCUT2D eigenvalue weighted by Gasteiger charge is 2.24. The minimum atomic E-state index is -0.0129. The van der Waals surface area contributed by atoms with Crippen LogP contribution in [0.3, 0.4) is 0 Å². The van der Waals surface area contributed by atoms with Gasteiger partial charge in [0.1, 0.15) is 5.76 Å². The van der Waals surface area contributed by atoms with Crippen LogP contribution in [0.5, 0.6) is 0 Å². The van der Waals surface area contributed by atoms with Gasteiger partial charge in [0.15, 0.2) is 23.1 Å². The molecule has 0 atom stereocenters. The van der Waals surface area contributed by atoms with E-state index >= 15 is 0 Å². The van der Waals surface area contributed by atoms with Gasteiger partial charge in [0.25, 0.3) is 5.70 Å². The molecule has 138 valence electrons. The monoisotopic (exact) mass is 419 g/mol. The van der Waals surface area contributed by atoms with Gasteiger partial charge in [-0.15, -0.1) is 0 Å². The Morgan fingerprint density at radius 2 is 2.00 bits per heavy atom. The molecule has 0 aliphatic rings. The molecule has 0 bridgehead atoms. The lowest BCUT2D eigenvalue weighted by Gasteiger charge is -2.10. The second kappa shape index (κ2) is 8.57. The van der Waals surface area contributed by atoms with E-state index < -0.39 is 0 Å². The molecule has 0 aliphatic carbocycles. The molecule has 0 unspecified atom stereocenters. The second-order valence-corrected chi connectivity index (χ2v) is 7.10. The van der Waals surface area contributed by atoms with Crippen LogP contribution >= 0.6 is 35.4 Å². The third-order valence-electron chi connectivity index (χ3n) is 3.84. The summed E-state index contributed by atoms with van der Waals surface area (Å²) in [5, 5.41) is 14.9. The first-order valence-corrected chi connectivity index (χ1v) is 9.29. The average molecular weight is 420 g/mol. The molecule has 0 saturated carbocycles. The number of halogens is 2. The molecular weight excluding hydrogens is 403 g/mol. The van der Waals surface area contributed by atoms with Crippen LogP contribution in [0.25, 0.3) is 11.5 Å². The van der Waals surface area contributed by atoms with Crippen LogP contribution in [0.15, 0.2) is 65.5 Å². The average Bonchev–Trinajstić information content (AvgIpc) is 3.16. The lowest BCUT2D eigenvalue weighted by molar-refractivity contribution is -0.576. The van der Waals surface area contributed by atoms with Crippen molar-refractivity contribution in [2.45, 2.75) is 13.5 Å². The van der Waals surface area contributed by atoms with Gasteiger partial charge in [0.2, 0.25) is 0 Å². The fourth-order valence-electron chi connectivity index (χ4n) is 2.52. The molecule has 27 heavy (non-hydrogen) atoms. The summed E-state index contributed by atoms with van der Waals surface area (Å²) in [5.41, 5.74) is 1.96. The summed E-state index contributed by atoms with van der Waals surface area (Å²) in [6.07, 6.45) is 5.29.